The van der Waals surface area contributed by atoms with E-state index in [1.54, 1.807) is 7.11 Å². The molecule has 82 valence electrons. The minimum absolute atomic E-state index is 0.135. The van der Waals surface area contributed by atoms with Gasteiger partial charge in [0.1, 0.15) is 0 Å². The summed E-state index contributed by atoms with van der Waals surface area (Å²) in [6.07, 6.45) is 2.46. The summed E-state index contributed by atoms with van der Waals surface area (Å²) in [5.74, 6) is -0.135. The molecule has 0 N–H and O–H groups in total. The molecule has 1 unspecified atom stereocenters. The lowest BCUT2D eigenvalue weighted by molar-refractivity contribution is -0.145. The summed E-state index contributed by atoms with van der Waals surface area (Å²) in [7, 11) is 1.72. The van der Waals surface area contributed by atoms with E-state index in [1.165, 1.54) is 0 Å². The van der Waals surface area contributed by atoms with Crippen LogP contribution in [-0.2, 0) is 14.3 Å². The van der Waals surface area contributed by atoms with Gasteiger partial charge in [-0.15, -0.1) is 0 Å². The number of piperidine rings is 1. The number of esters is 1. The first-order chi connectivity index (χ1) is 6.76. The summed E-state index contributed by atoms with van der Waals surface area (Å²) in [6, 6.07) is 0. The van der Waals surface area contributed by atoms with Gasteiger partial charge in [0.2, 0.25) is 0 Å². The molecule has 1 aliphatic rings. The van der Waals surface area contributed by atoms with Crippen molar-refractivity contribution < 1.29 is 14.3 Å². The first-order valence-corrected chi connectivity index (χ1v) is 5.17. The Kier molecular flexibility index (Phi) is 4.90. The Hall–Kier alpha value is -0.610. The smallest absolute Gasteiger partial charge is 0.320 e. The van der Waals surface area contributed by atoms with Crippen LogP contribution in [0.25, 0.3) is 0 Å². The van der Waals surface area contributed by atoms with Crippen molar-refractivity contribution in [1.29, 1.82) is 0 Å². The predicted octanol–water partition coefficient (Wildman–Crippen LogP) is 0.660. The minimum atomic E-state index is -0.135. The van der Waals surface area contributed by atoms with Gasteiger partial charge < -0.3 is 9.47 Å². The van der Waals surface area contributed by atoms with Crippen LogP contribution in [0.1, 0.15) is 19.8 Å². The Morgan fingerprint density at radius 1 is 1.57 bits per heavy atom. The molecule has 0 radical (unpaired) electrons. The summed E-state index contributed by atoms with van der Waals surface area (Å²) in [5.41, 5.74) is 0. The Bertz CT molecular complexity index is 184. The van der Waals surface area contributed by atoms with Crippen molar-refractivity contribution in [3.63, 3.8) is 0 Å². The van der Waals surface area contributed by atoms with Crippen LogP contribution in [0.3, 0.4) is 0 Å². The van der Waals surface area contributed by atoms with Crippen LogP contribution < -0.4 is 0 Å². The fourth-order valence-electron chi connectivity index (χ4n) is 1.74. The van der Waals surface area contributed by atoms with Crippen LogP contribution in [0.4, 0.5) is 0 Å². The second-order valence-corrected chi connectivity index (χ2v) is 3.54. The summed E-state index contributed by atoms with van der Waals surface area (Å²) < 4.78 is 10.2. The molecular weight excluding hydrogens is 182 g/mol. The van der Waals surface area contributed by atoms with Gasteiger partial charge in [-0.3, -0.25) is 9.69 Å². The van der Waals surface area contributed by atoms with E-state index in [-0.39, 0.29) is 12.1 Å². The molecule has 1 aliphatic heterocycles. The standard InChI is InChI=1S/C10H19NO3/c1-3-14-10(12)8-11-6-4-5-9(7-11)13-2/h9H,3-8H2,1-2H3. The number of hydrogen-bond donors (Lipinski definition) is 0. The Morgan fingerprint density at radius 2 is 2.36 bits per heavy atom. The van der Waals surface area contributed by atoms with Gasteiger partial charge in [0.05, 0.1) is 19.3 Å². The van der Waals surface area contributed by atoms with E-state index in [0.29, 0.717) is 13.2 Å². The van der Waals surface area contributed by atoms with Gasteiger partial charge in [0.15, 0.2) is 0 Å². The summed E-state index contributed by atoms with van der Waals surface area (Å²) in [6.45, 7) is 4.49. The number of hydrogen-bond acceptors (Lipinski definition) is 4. The number of ether oxygens (including phenoxy) is 2. The second-order valence-electron chi connectivity index (χ2n) is 3.54. The maximum absolute atomic E-state index is 11.2. The molecule has 1 heterocycles. The molecule has 4 heteroatoms. The summed E-state index contributed by atoms with van der Waals surface area (Å²) in [4.78, 5) is 13.3. The van der Waals surface area contributed by atoms with Crippen molar-refractivity contribution in [1.82, 2.24) is 4.90 Å². The third-order valence-corrected chi connectivity index (χ3v) is 2.45. The maximum atomic E-state index is 11.2. The third kappa shape index (κ3) is 3.64. The highest BCUT2D eigenvalue weighted by Gasteiger charge is 2.21. The van der Waals surface area contributed by atoms with Crippen molar-refractivity contribution >= 4 is 5.97 Å². The summed E-state index contributed by atoms with van der Waals surface area (Å²) >= 11 is 0. The van der Waals surface area contributed by atoms with Crippen LogP contribution in [0, 0.1) is 0 Å². The molecule has 0 spiro atoms. The van der Waals surface area contributed by atoms with E-state index < -0.39 is 0 Å². The zero-order valence-electron chi connectivity index (χ0n) is 8.99. The number of carbonyl (C=O) groups is 1. The molecule has 0 aromatic heterocycles. The molecule has 1 rings (SSSR count). The highest BCUT2D eigenvalue weighted by atomic mass is 16.5. The van der Waals surface area contributed by atoms with E-state index in [4.69, 9.17) is 9.47 Å². The molecule has 0 aromatic carbocycles. The lowest BCUT2D eigenvalue weighted by Gasteiger charge is -2.30. The molecule has 1 atom stereocenters. The van der Waals surface area contributed by atoms with Crippen LogP contribution in [0.2, 0.25) is 0 Å². The molecule has 1 saturated heterocycles. The van der Waals surface area contributed by atoms with Crippen LogP contribution in [0.5, 0.6) is 0 Å². The van der Waals surface area contributed by atoms with Gasteiger partial charge in [-0.1, -0.05) is 0 Å². The van der Waals surface area contributed by atoms with Crippen LogP contribution in [-0.4, -0.2) is 50.3 Å². The number of rotatable bonds is 4. The lowest BCUT2D eigenvalue weighted by Crippen LogP contribution is -2.42. The minimum Gasteiger partial charge on any atom is -0.465 e. The van der Waals surface area contributed by atoms with E-state index >= 15 is 0 Å². The third-order valence-electron chi connectivity index (χ3n) is 2.45. The molecule has 14 heavy (non-hydrogen) atoms. The number of carbonyl (C=O) groups excluding carboxylic acids is 1. The van der Waals surface area contributed by atoms with E-state index in [0.717, 1.165) is 25.9 Å². The predicted molar refractivity (Wildman–Crippen MR) is 53.1 cm³/mol. The first-order valence-electron chi connectivity index (χ1n) is 5.17. The SMILES string of the molecule is CCOC(=O)CN1CCCC(OC)C1. The quantitative estimate of drug-likeness (QED) is 0.626. The van der Waals surface area contributed by atoms with Gasteiger partial charge in [-0.2, -0.15) is 0 Å². The zero-order valence-corrected chi connectivity index (χ0v) is 8.99. The molecule has 4 nitrogen and oxygen atoms in total. The average molecular weight is 201 g/mol. The first kappa shape index (κ1) is 11.5. The topological polar surface area (TPSA) is 38.8 Å². The van der Waals surface area contributed by atoms with E-state index in [2.05, 4.69) is 4.90 Å². The fraction of sp³-hybridized carbons (Fsp3) is 0.900. The molecule has 0 aromatic rings. The Labute approximate surface area is 85.2 Å². The van der Waals surface area contributed by atoms with Crippen LogP contribution >= 0.6 is 0 Å². The average Bonchev–Trinajstić information content (AvgIpc) is 2.18. The van der Waals surface area contributed by atoms with Crippen molar-refractivity contribution in [2.45, 2.75) is 25.9 Å². The number of nitrogens with zero attached hydrogens (tertiary/aromatic N) is 1. The monoisotopic (exact) mass is 201 g/mol. The largest absolute Gasteiger partial charge is 0.465 e. The van der Waals surface area contributed by atoms with E-state index in [1.807, 2.05) is 6.92 Å². The number of methoxy groups -OCH3 is 1. The lowest BCUT2D eigenvalue weighted by atomic mass is 10.1. The van der Waals surface area contributed by atoms with Gasteiger partial charge >= 0.3 is 5.97 Å². The normalized spacial score (nSPS) is 23.4. The summed E-state index contributed by atoms with van der Waals surface area (Å²) in [5, 5.41) is 0. The van der Waals surface area contributed by atoms with E-state index in [9.17, 15) is 4.79 Å². The molecule has 0 amide bonds. The Morgan fingerprint density at radius 3 is 3.00 bits per heavy atom. The van der Waals surface area contributed by atoms with Gasteiger partial charge in [-0.05, 0) is 26.3 Å². The molecule has 0 bridgehead atoms. The molecule has 1 fully saturated rings. The number of likely N-dealkylation sites (tertiary alicyclic amines) is 1. The van der Waals surface area contributed by atoms with Crippen molar-refractivity contribution in [2.24, 2.45) is 0 Å². The second kappa shape index (κ2) is 5.98. The van der Waals surface area contributed by atoms with Crippen molar-refractivity contribution in [2.75, 3.05) is 33.4 Å². The zero-order chi connectivity index (χ0) is 10.4. The highest BCUT2D eigenvalue weighted by molar-refractivity contribution is 5.71. The van der Waals surface area contributed by atoms with Crippen LogP contribution in [0.15, 0.2) is 0 Å². The fourth-order valence-corrected chi connectivity index (χ4v) is 1.74. The van der Waals surface area contributed by atoms with Gasteiger partial charge in [0.25, 0.3) is 0 Å². The maximum Gasteiger partial charge on any atom is 0.320 e. The Balaban J connectivity index is 2.26. The van der Waals surface area contributed by atoms with Gasteiger partial charge in [0, 0.05) is 13.7 Å². The van der Waals surface area contributed by atoms with Crippen molar-refractivity contribution in [3.05, 3.63) is 0 Å². The molecular formula is C10H19NO3. The van der Waals surface area contributed by atoms with Gasteiger partial charge in [-0.25, -0.2) is 0 Å². The highest BCUT2D eigenvalue weighted by Crippen LogP contribution is 2.11. The molecule has 0 aliphatic carbocycles. The van der Waals surface area contributed by atoms with Crippen molar-refractivity contribution in [3.8, 4) is 0 Å². The molecule has 0 saturated carbocycles.